The Kier molecular flexibility index (Phi) is 4.30. The monoisotopic (exact) mass is 259 g/mol. The van der Waals surface area contributed by atoms with Crippen LogP contribution < -0.4 is 10.1 Å². The number of aromatic nitrogens is 2. The highest BCUT2D eigenvalue weighted by Crippen LogP contribution is 2.28. The fourth-order valence-electron chi connectivity index (χ4n) is 1.72. The third-order valence-electron chi connectivity index (χ3n) is 2.73. The van der Waals surface area contributed by atoms with Crippen molar-refractivity contribution in [3.05, 3.63) is 41.7 Å². The second-order valence-corrected chi connectivity index (χ2v) is 4.05. The number of nitrogens with one attached hydrogen (secondary N) is 1. The van der Waals surface area contributed by atoms with Crippen LogP contribution in [-0.4, -0.2) is 21.6 Å². The predicted octanol–water partition coefficient (Wildman–Crippen LogP) is 2.50. The molecule has 0 unspecified atom stereocenters. The highest BCUT2D eigenvalue weighted by Gasteiger charge is 2.10. The minimum absolute atomic E-state index is 0.0691. The Morgan fingerprint density at radius 1 is 1.26 bits per heavy atom. The van der Waals surface area contributed by atoms with E-state index >= 15 is 0 Å². The Hall–Kier alpha value is -2.14. The summed E-state index contributed by atoms with van der Waals surface area (Å²) in [5, 5.41) is 12.4. The zero-order chi connectivity index (χ0) is 13.7. The number of aliphatic hydroxyl groups is 1. The molecule has 0 amide bonds. The molecule has 5 nitrogen and oxygen atoms in total. The first-order valence-corrected chi connectivity index (χ1v) is 6.18. The van der Waals surface area contributed by atoms with Crippen molar-refractivity contribution in [2.75, 3.05) is 11.9 Å². The van der Waals surface area contributed by atoms with Crippen LogP contribution in [0.25, 0.3) is 0 Å². The Balaban J connectivity index is 2.30. The number of hydrogen-bond acceptors (Lipinski definition) is 5. The lowest BCUT2D eigenvalue weighted by molar-refractivity contribution is 0.276. The lowest BCUT2D eigenvalue weighted by atomic mass is 10.2. The molecule has 0 saturated carbocycles. The van der Waals surface area contributed by atoms with Crippen LogP contribution in [0.4, 0.5) is 5.82 Å². The Morgan fingerprint density at radius 3 is 2.79 bits per heavy atom. The summed E-state index contributed by atoms with van der Waals surface area (Å²) in [6, 6.07) is 7.34. The molecule has 19 heavy (non-hydrogen) atoms. The van der Waals surface area contributed by atoms with Crippen LogP contribution in [0.2, 0.25) is 0 Å². The molecule has 100 valence electrons. The average molecular weight is 259 g/mol. The molecule has 0 radical (unpaired) electrons. The van der Waals surface area contributed by atoms with E-state index in [1.165, 1.54) is 6.33 Å². The summed E-state index contributed by atoms with van der Waals surface area (Å²) in [6.07, 6.45) is 1.46. The smallest absolute Gasteiger partial charge is 0.227 e. The van der Waals surface area contributed by atoms with Gasteiger partial charge in [0, 0.05) is 12.1 Å². The molecular formula is C14H17N3O2. The maximum atomic E-state index is 9.28. The topological polar surface area (TPSA) is 67.3 Å². The molecule has 0 aliphatic rings. The summed E-state index contributed by atoms with van der Waals surface area (Å²) in [4.78, 5) is 8.30. The molecule has 2 rings (SSSR count). The minimum Gasteiger partial charge on any atom is -0.438 e. The van der Waals surface area contributed by atoms with Crippen molar-refractivity contribution >= 4 is 5.82 Å². The molecule has 1 heterocycles. The molecule has 0 saturated heterocycles. The number of para-hydroxylation sites is 1. The third-order valence-corrected chi connectivity index (χ3v) is 2.73. The number of anilines is 1. The summed E-state index contributed by atoms with van der Waals surface area (Å²) < 4.78 is 5.77. The molecule has 0 aliphatic heterocycles. The van der Waals surface area contributed by atoms with Gasteiger partial charge in [-0.3, -0.25) is 0 Å². The van der Waals surface area contributed by atoms with Gasteiger partial charge in [0.15, 0.2) is 0 Å². The zero-order valence-corrected chi connectivity index (χ0v) is 11.1. The normalized spacial score (nSPS) is 10.3. The maximum absolute atomic E-state index is 9.28. The first-order valence-electron chi connectivity index (χ1n) is 6.18. The van der Waals surface area contributed by atoms with E-state index in [4.69, 9.17) is 4.74 Å². The highest BCUT2D eigenvalue weighted by atomic mass is 16.5. The number of ether oxygens (including phenoxy) is 1. The van der Waals surface area contributed by atoms with Gasteiger partial charge in [-0.15, -0.1) is 0 Å². The SMILES string of the molecule is CCNc1ncnc(Oc2ccccc2CO)c1C. The van der Waals surface area contributed by atoms with Gasteiger partial charge in [-0.05, 0) is 19.9 Å². The van der Waals surface area contributed by atoms with E-state index in [0.717, 1.165) is 23.5 Å². The van der Waals surface area contributed by atoms with Crippen molar-refractivity contribution < 1.29 is 9.84 Å². The van der Waals surface area contributed by atoms with Gasteiger partial charge >= 0.3 is 0 Å². The predicted molar refractivity (Wildman–Crippen MR) is 73.4 cm³/mol. The Bertz CT molecular complexity index is 558. The molecular weight excluding hydrogens is 242 g/mol. The minimum atomic E-state index is -0.0691. The Labute approximate surface area is 112 Å². The molecule has 0 bridgehead atoms. The van der Waals surface area contributed by atoms with Crippen molar-refractivity contribution in [3.63, 3.8) is 0 Å². The quantitative estimate of drug-likeness (QED) is 0.863. The lowest BCUT2D eigenvalue weighted by Gasteiger charge is -2.12. The summed E-state index contributed by atoms with van der Waals surface area (Å²) in [6.45, 7) is 4.61. The standard InChI is InChI=1S/C14H17N3O2/c1-3-15-13-10(2)14(17-9-16-13)19-12-7-5-4-6-11(12)8-18/h4-7,9,18H,3,8H2,1-2H3,(H,15,16,17). The van der Waals surface area contributed by atoms with Crippen LogP contribution in [-0.2, 0) is 6.61 Å². The van der Waals surface area contributed by atoms with Gasteiger partial charge in [0.05, 0.1) is 12.2 Å². The fourth-order valence-corrected chi connectivity index (χ4v) is 1.72. The second kappa shape index (κ2) is 6.15. The van der Waals surface area contributed by atoms with E-state index in [2.05, 4.69) is 15.3 Å². The van der Waals surface area contributed by atoms with Gasteiger partial charge in [0.25, 0.3) is 0 Å². The Morgan fingerprint density at radius 2 is 2.05 bits per heavy atom. The first-order chi connectivity index (χ1) is 9.26. The van der Waals surface area contributed by atoms with Crippen molar-refractivity contribution in [2.24, 2.45) is 0 Å². The number of benzene rings is 1. The zero-order valence-electron chi connectivity index (χ0n) is 11.1. The van der Waals surface area contributed by atoms with Gasteiger partial charge in [0.1, 0.15) is 17.9 Å². The highest BCUT2D eigenvalue weighted by molar-refractivity contribution is 5.49. The van der Waals surface area contributed by atoms with Gasteiger partial charge < -0.3 is 15.2 Å². The molecule has 0 atom stereocenters. The van der Waals surface area contributed by atoms with Gasteiger partial charge in [-0.25, -0.2) is 9.97 Å². The summed E-state index contributed by atoms with van der Waals surface area (Å²) >= 11 is 0. The second-order valence-electron chi connectivity index (χ2n) is 4.05. The third kappa shape index (κ3) is 3.00. The molecule has 2 N–H and O–H groups in total. The van der Waals surface area contributed by atoms with Crippen LogP contribution in [0.3, 0.4) is 0 Å². The molecule has 2 aromatic rings. The molecule has 0 fully saturated rings. The van der Waals surface area contributed by atoms with Gasteiger partial charge in [-0.1, -0.05) is 18.2 Å². The maximum Gasteiger partial charge on any atom is 0.227 e. The number of rotatable bonds is 5. The van der Waals surface area contributed by atoms with Crippen molar-refractivity contribution in [1.82, 2.24) is 9.97 Å². The molecule has 0 spiro atoms. The molecule has 1 aromatic carbocycles. The largest absolute Gasteiger partial charge is 0.438 e. The molecule has 1 aromatic heterocycles. The molecule has 0 aliphatic carbocycles. The van der Waals surface area contributed by atoms with Crippen molar-refractivity contribution in [1.29, 1.82) is 0 Å². The number of hydrogen-bond donors (Lipinski definition) is 2. The fraction of sp³-hybridized carbons (Fsp3) is 0.286. The summed E-state index contributed by atoms with van der Waals surface area (Å²) in [5.41, 5.74) is 1.57. The van der Waals surface area contributed by atoms with Crippen LogP contribution in [0.1, 0.15) is 18.1 Å². The lowest BCUT2D eigenvalue weighted by Crippen LogP contribution is -2.04. The molecule has 5 heteroatoms. The van der Waals surface area contributed by atoms with Crippen molar-refractivity contribution in [2.45, 2.75) is 20.5 Å². The van der Waals surface area contributed by atoms with E-state index in [1.54, 1.807) is 6.07 Å². The number of aliphatic hydroxyl groups excluding tert-OH is 1. The number of nitrogens with zero attached hydrogens (tertiary/aromatic N) is 2. The van der Waals surface area contributed by atoms with Gasteiger partial charge in [-0.2, -0.15) is 0 Å². The summed E-state index contributed by atoms with van der Waals surface area (Å²) in [5.74, 6) is 1.86. The van der Waals surface area contributed by atoms with Gasteiger partial charge in [0.2, 0.25) is 5.88 Å². The van der Waals surface area contributed by atoms with E-state index < -0.39 is 0 Å². The van der Waals surface area contributed by atoms with Crippen LogP contribution in [0.5, 0.6) is 11.6 Å². The van der Waals surface area contributed by atoms with Crippen LogP contribution in [0.15, 0.2) is 30.6 Å². The van der Waals surface area contributed by atoms with Crippen LogP contribution in [0, 0.1) is 6.92 Å². The van der Waals surface area contributed by atoms with E-state index in [1.807, 2.05) is 32.0 Å². The summed E-state index contributed by atoms with van der Waals surface area (Å²) in [7, 11) is 0. The van der Waals surface area contributed by atoms with Crippen LogP contribution >= 0.6 is 0 Å². The average Bonchev–Trinajstić information content (AvgIpc) is 2.44. The van der Waals surface area contributed by atoms with E-state index in [0.29, 0.717) is 11.6 Å². The van der Waals surface area contributed by atoms with Crippen molar-refractivity contribution in [3.8, 4) is 11.6 Å². The first kappa shape index (κ1) is 13.3. The van der Waals surface area contributed by atoms with E-state index in [-0.39, 0.29) is 6.61 Å². The van der Waals surface area contributed by atoms with E-state index in [9.17, 15) is 5.11 Å².